The predicted octanol–water partition coefficient (Wildman–Crippen LogP) is 4.23. The third-order valence-corrected chi connectivity index (χ3v) is 4.06. The highest BCUT2D eigenvalue weighted by atomic mass is 79.9. The van der Waals surface area contributed by atoms with E-state index in [1.165, 1.54) is 0 Å². The second-order valence-corrected chi connectivity index (χ2v) is 5.48. The van der Waals surface area contributed by atoms with Gasteiger partial charge in [0.05, 0.1) is 18.0 Å². The minimum Gasteiger partial charge on any atom is -0.490 e. The molecule has 0 fully saturated rings. The SMILES string of the molecule is Cc1ccc(C(Br)c2ccc3c(c2)OCCCO3)o1. The van der Waals surface area contributed by atoms with Gasteiger partial charge in [0.2, 0.25) is 0 Å². The van der Waals surface area contributed by atoms with Crippen LogP contribution in [0.1, 0.15) is 28.3 Å². The van der Waals surface area contributed by atoms with Crippen LogP contribution in [0.3, 0.4) is 0 Å². The molecule has 1 aliphatic heterocycles. The number of furan rings is 1. The molecule has 4 heteroatoms. The summed E-state index contributed by atoms with van der Waals surface area (Å²) in [6, 6.07) is 9.95. The van der Waals surface area contributed by atoms with Crippen molar-refractivity contribution in [1.29, 1.82) is 0 Å². The molecule has 0 saturated heterocycles. The lowest BCUT2D eigenvalue weighted by Gasteiger charge is -2.12. The van der Waals surface area contributed by atoms with E-state index in [-0.39, 0.29) is 4.83 Å². The molecule has 0 N–H and O–H groups in total. The molecule has 3 rings (SSSR count). The van der Waals surface area contributed by atoms with E-state index in [0.717, 1.165) is 35.0 Å². The number of hydrogen-bond donors (Lipinski definition) is 0. The molecular formula is C15H15BrO3. The molecule has 19 heavy (non-hydrogen) atoms. The first-order chi connectivity index (χ1) is 9.24. The van der Waals surface area contributed by atoms with Gasteiger partial charge in [0.25, 0.3) is 0 Å². The lowest BCUT2D eigenvalue weighted by molar-refractivity contribution is 0.297. The zero-order chi connectivity index (χ0) is 13.2. The first-order valence-electron chi connectivity index (χ1n) is 6.34. The van der Waals surface area contributed by atoms with Crippen LogP contribution in [0.25, 0.3) is 0 Å². The molecule has 100 valence electrons. The van der Waals surface area contributed by atoms with Crippen LogP contribution >= 0.6 is 15.9 Å². The van der Waals surface area contributed by atoms with Crippen molar-refractivity contribution >= 4 is 15.9 Å². The third-order valence-electron chi connectivity index (χ3n) is 3.08. The monoisotopic (exact) mass is 322 g/mol. The quantitative estimate of drug-likeness (QED) is 0.775. The molecule has 2 aromatic rings. The van der Waals surface area contributed by atoms with Gasteiger partial charge in [-0.15, -0.1) is 0 Å². The van der Waals surface area contributed by atoms with Crippen molar-refractivity contribution in [2.24, 2.45) is 0 Å². The summed E-state index contributed by atoms with van der Waals surface area (Å²) in [5.41, 5.74) is 1.10. The summed E-state index contributed by atoms with van der Waals surface area (Å²) in [5, 5.41) is 0. The van der Waals surface area contributed by atoms with E-state index in [1.807, 2.05) is 37.3 Å². The second-order valence-electron chi connectivity index (χ2n) is 4.57. The summed E-state index contributed by atoms with van der Waals surface area (Å²) in [6.45, 7) is 3.35. The van der Waals surface area contributed by atoms with Crippen molar-refractivity contribution in [1.82, 2.24) is 0 Å². The molecule has 3 nitrogen and oxygen atoms in total. The number of rotatable bonds is 2. The molecule has 0 saturated carbocycles. The van der Waals surface area contributed by atoms with Crippen LogP contribution in [0.15, 0.2) is 34.7 Å². The van der Waals surface area contributed by atoms with Crippen molar-refractivity contribution in [3.8, 4) is 11.5 Å². The molecule has 0 aliphatic carbocycles. The van der Waals surface area contributed by atoms with Crippen molar-refractivity contribution < 1.29 is 13.9 Å². The number of fused-ring (bicyclic) bond motifs is 1. The van der Waals surface area contributed by atoms with Crippen molar-refractivity contribution in [3.63, 3.8) is 0 Å². The van der Waals surface area contributed by atoms with Crippen LogP contribution in [-0.2, 0) is 0 Å². The van der Waals surface area contributed by atoms with E-state index in [9.17, 15) is 0 Å². The van der Waals surface area contributed by atoms with Crippen molar-refractivity contribution in [3.05, 3.63) is 47.4 Å². The van der Waals surface area contributed by atoms with Crippen LogP contribution in [0.2, 0.25) is 0 Å². The maximum absolute atomic E-state index is 5.70. The van der Waals surface area contributed by atoms with E-state index >= 15 is 0 Å². The molecule has 0 bridgehead atoms. The maximum Gasteiger partial charge on any atom is 0.161 e. The Labute approximate surface area is 120 Å². The Morgan fingerprint density at radius 1 is 1.05 bits per heavy atom. The largest absolute Gasteiger partial charge is 0.490 e. The number of ether oxygens (including phenoxy) is 2. The first kappa shape index (κ1) is 12.6. The van der Waals surface area contributed by atoms with Gasteiger partial charge >= 0.3 is 0 Å². The van der Waals surface area contributed by atoms with Gasteiger partial charge in [0.1, 0.15) is 11.5 Å². The summed E-state index contributed by atoms with van der Waals surface area (Å²) in [4.78, 5) is 0.0263. The molecule has 1 atom stereocenters. The Morgan fingerprint density at radius 2 is 1.84 bits per heavy atom. The Hall–Kier alpha value is -1.42. The van der Waals surface area contributed by atoms with Gasteiger partial charge in [-0.3, -0.25) is 0 Å². The standard InChI is InChI=1S/C15H15BrO3/c1-10-3-5-13(19-10)15(16)11-4-6-12-14(9-11)18-8-2-7-17-12/h3-6,9,15H,2,7-8H2,1H3. The fraction of sp³-hybridized carbons (Fsp3) is 0.333. The van der Waals surface area contributed by atoms with Gasteiger partial charge in [-0.25, -0.2) is 0 Å². The molecule has 1 aromatic carbocycles. The van der Waals surface area contributed by atoms with Crippen LogP contribution in [0, 0.1) is 6.92 Å². The van der Waals surface area contributed by atoms with E-state index in [1.54, 1.807) is 0 Å². The Morgan fingerprint density at radius 3 is 2.58 bits per heavy atom. The first-order valence-corrected chi connectivity index (χ1v) is 7.25. The van der Waals surface area contributed by atoms with Gasteiger partial charge in [-0.05, 0) is 36.8 Å². The number of aryl methyl sites for hydroxylation is 1. The fourth-order valence-corrected chi connectivity index (χ4v) is 2.62. The normalized spacial score (nSPS) is 15.9. The highest BCUT2D eigenvalue weighted by molar-refractivity contribution is 9.09. The van der Waals surface area contributed by atoms with E-state index in [0.29, 0.717) is 13.2 Å². The molecule has 1 unspecified atom stereocenters. The molecular weight excluding hydrogens is 308 g/mol. The molecule has 0 spiro atoms. The zero-order valence-electron chi connectivity index (χ0n) is 10.7. The van der Waals surface area contributed by atoms with Gasteiger partial charge in [0.15, 0.2) is 11.5 Å². The topological polar surface area (TPSA) is 31.6 Å². The smallest absolute Gasteiger partial charge is 0.161 e. The highest BCUT2D eigenvalue weighted by Gasteiger charge is 2.17. The van der Waals surface area contributed by atoms with Gasteiger partial charge in [-0.2, -0.15) is 0 Å². The Kier molecular flexibility index (Phi) is 3.51. The lowest BCUT2D eigenvalue weighted by Crippen LogP contribution is -1.97. The van der Waals surface area contributed by atoms with Crippen LogP contribution < -0.4 is 9.47 Å². The average molecular weight is 323 g/mol. The number of halogens is 1. The molecule has 0 radical (unpaired) electrons. The number of benzene rings is 1. The van der Waals surface area contributed by atoms with Gasteiger partial charge in [0, 0.05) is 6.42 Å². The van der Waals surface area contributed by atoms with Crippen molar-refractivity contribution in [2.75, 3.05) is 13.2 Å². The van der Waals surface area contributed by atoms with Crippen molar-refractivity contribution in [2.45, 2.75) is 18.2 Å². The fourth-order valence-electron chi connectivity index (χ4n) is 2.09. The summed E-state index contributed by atoms with van der Waals surface area (Å²) in [5.74, 6) is 3.43. The van der Waals surface area contributed by atoms with E-state index in [4.69, 9.17) is 13.9 Å². The lowest BCUT2D eigenvalue weighted by atomic mass is 10.1. The van der Waals surface area contributed by atoms with E-state index in [2.05, 4.69) is 15.9 Å². The number of alkyl halides is 1. The van der Waals surface area contributed by atoms with Crippen LogP contribution in [0.5, 0.6) is 11.5 Å². The summed E-state index contributed by atoms with van der Waals surface area (Å²) < 4.78 is 17.0. The molecule has 1 aromatic heterocycles. The third kappa shape index (κ3) is 2.63. The average Bonchev–Trinajstić information content (AvgIpc) is 2.72. The summed E-state index contributed by atoms with van der Waals surface area (Å²) in [7, 11) is 0. The maximum atomic E-state index is 5.70. The van der Waals surface area contributed by atoms with Crippen LogP contribution in [0.4, 0.5) is 0 Å². The zero-order valence-corrected chi connectivity index (χ0v) is 12.3. The molecule has 0 amide bonds. The summed E-state index contributed by atoms with van der Waals surface area (Å²) >= 11 is 3.66. The van der Waals surface area contributed by atoms with Gasteiger partial charge < -0.3 is 13.9 Å². The van der Waals surface area contributed by atoms with Gasteiger partial charge in [-0.1, -0.05) is 22.0 Å². The molecule has 2 heterocycles. The molecule has 1 aliphatic rings. The Balaban J connectivity index is 1.91. The highest BCUT2D eigenvalue weighted by Crippen LogP contribution is 2.37. The minimum atomic E-state index is 0.0263. The minimum absolute atomic E-state index is 0.0263. The number of hydrogen-bond acceptors (Lipinski definition) is 3. The Bertz CT molecular complexity index is 577. The second kappa shape index (κ2) is 5.29. The van der Waals surface area contributed by atoms with Crippen LogP contribution in [-0.4, -0.2) is 13.2 Å². The summed E-state index contributed by atoms with van der Waals surface area (Å²) in [6.07, 6.45) is 0.916. The predicted molar refractivity (Wildman–Crippen MR) is 76.3 cm³/mol. The van der Waals surface area contributed by atoms with E-state index < -0.39 is 0 Å².